The fraction of sp³-hybridized carbons (Fsp3) is 0.375. The lowest BCUT2D eigenvalue weighted by Crippen LogP contribution is -2.53. The molecule has 39 heavy (non-hydrogen) atoms. The van der Waals surface area contributed by atoms with Gasteiger partial charge in [0.1, 0.15) is 0 Å². The second-order valence-corrected chi connectivity index (χ2v) is 11.7. The van der Waals surface area contributed by atoms with Crippen LogP contribution >= 0.6 is 23.2 Å². The lowest BCUT2D eigenvalue weighted by atomic mass is 9.76. The van der Waals surface area contributed by atoms with E-state index >= 15 is 0 Å². The summed E-state index contributed by atoms with van der Waals surface area (Å²) in [5, 5.41) is 4.17. The average molecular weight is 565 g/mol. The predicted molar refractivity (Wildman–Crippen MR) is 157 cm³/mol. The third-order valence-electron chi connectivity index (χ3n) is 8.29. The van der Waals surface area contributed by atoms with E-state index in [9.17, 15) is 9.59 Å². The monoisotopic (exact) mass is 563 g/mol. The Morgan fingerprint density at radius 3 is 2.31 bits per heavy atom. The maximum absolute atomic E-state index is 14.2. The zero-order valence-corrected chi connectivity index (χ0v) is 24.0. The summed E-state index contributed by atoms with van der Waals surface area (Å²) in [6.07, 6.45) is 4.47. The fourth-order valence-corrected chi connectivity index (χ4v) is 6.77. The van der Waals surface area contributed by atoms with Gasteiger partial charge < -0.3 is 15.1 Å². The Balaban J connectivity index is 1.53. The van der Waals surface area contributed by atoms with Crippen molar-refractivity contribution in [1.82, 2.24) is 15.1 Å². The van der Waals surface area contributed by atoms with Gasteiger partial charge in [-0.25, -0.2) is 0 Å². The van der Waals surface area contributed by atoms with Crippen LogP contribution in [-0.4, -0.2) is 54.3 Å². The van der Waals surface area contributed by atoms with E-state index in [4.69, 9.17) is 23.2 Å². The molecule has 0 bridgehead atoms. The number of halogens is 2. The quantitative estimate of drug-likeness (QED) is 0.356. The molecule has 0 spiro atoms. The average Bonchev–Trinajstić information content (AvgIpc) is 2.94. The maximum atomic E-state index is 14.2. The molecule has 3 aromatic carbocycles. The minimum Gasteiger partial charge on any atom is -0.355 e. The summed E-state index contributed by atoms with van der Waals surface area (Å²) in [5.41, 5.74) is 3.25. The maximum Gasteiger partial charge on any atom is 0.254 e. The highest BCUT2D eigenvalue weighted by Crippen LogP contribution is 2.47. The van der Waals surface area contributed by atoms with Crippen LogP contribution in [0, 0.1) is 0 Å². The molecule has 2 amide bonds. The molecule has 2 atom stereocenters. The topological polar surface area (TPSA) is 52.7 Å². The van der Waals surface area contributed by atoms with Crippen LogP contribution < -0.4 is 5.32 Å². The van der Waals surface area contributed by atoms with Crippen LogP contribution in [0.2, 0.25) is 10.0 Å². The molecule has 1 aliphatic heterocycles. The first-order valence-corrected chi connectivity index (χ1v) is 14.5. The first-order valence-electron chi connectivity index (χ1n) is 13.7. The molecule has 5 nitrogen and oxygen atoms in total. The van der Waals surface area contributed by atoms with Gasteiger partial charge in [0.2, 0.25) is 5.91 Å². The van der Waals surface area contributed by atoms with Crippen molar-refractivity contribution < 1.29 is 9.59 Å². The highest BCUT2D eigenvalue weighted by Gasteiger charge is 2.47. The SMILES string of the molecule is CN(C)C1CCC(N2C(=O)c3ccccc3[C@@H](C(=O)NCCc3ccccc3)[C@@H]2c2ccc(Cl)cc2Cl)CC1. The Labute approximate surface area is 241 Å². The second kappa shape index (κ2) is 12.1. The van der Waals surface area contributed by atoms with Crippen LogP contribution in [0.15, 0.2) is 72.8 Å². The van der Waals surface area contributed by atoms with Crippen LogP contribution in [-0.2, 0) is 11.2 Å². The lowest BCUT2D eigenvalue weighted by molar-refractivity contribution is -0.124. The van der Waals surface area contributed by atoms with Gasteiger partial charge in [0.15, 0.2) is 0 Å². The van der Waals surface area contributed by atoms with E-state index in [-0.39, 0.29) is 17.9 Å². The molecule has 1 saturated carbocycles. The molecule has 0 radical (unpaired) electrons. The molecular formula is C32H35Cl2N3O2. The number of hydrogen-bond acceptors (Lipinski definition) is 3. The summed E-state index contributed by atoms with van der Waals surface area (Å²) in [5.74, 6) is -0.739. The van der Waals surface area contributed by atoms with Crippen molar-refractivity contribution >= 4 is 35.0 Å². The lowest BCUT2D eigenvalue weighted by Gasteiger charge is -2.48. The van der Waals surface area contributed by atoms with Crippen LogP contribution in [0.25, 0.3) is 0 Å². The Kier molecular flexibility index (Phi) is 8.61. The Morgan fingerprint density at radius 2 is 1.62 bits per heavy atom. The summed E-state index contributed by atoms with van der Waals surface area (Å²) in [6, 6.07) is 23.0. The summed E-state index contributed by atoms with van der Waals surface area (Å²) >= 11 is 13.1. The van der Waals surface area contributed by atoms with Crippen molar-refractivity contribution in [3.8, 4) is 0 Å². The summed E-state index contributed by atoms with van der Waals surface area (Å²) in [4.78, 5) is 32.5. The van der Waals surface area contributed by atoms with Crippen LogP contribution in [0.5, 0.6) is 0 Å². The standard InChI is InChI=1S/C32H35Cl2N3O2/c1-36(2)23-13-15-24(16-14-23)37-30(27-17-12-22(33)20-28(27)34)29(25-10-6-7-11-26(25)32(37)39)31(38)35-19-18-21-8-4-3-5-9-21/h3-12,17,20,23-24,29-30H,13-16,18-19H2,1-2H3,(H,35,38)/t23?,24?,29-,30+/m1/s1. The number of nitrogens with zero attached hydrogens (tertiary/aromatic N) is 2. The summed E-state index contributed by atoms with van der Waals surface area (Å²) in [6.45, 7) is 0.504. The molecule has 1 aliphatic carbocycles. The van der Waals surface area contributed by atoms with Crippen molar-refractivity contribution in [3.05, 3.63) is 105 Å². The minimum absolute atomic E-state index is 0.0124. The molecule has 0 unspecified atom stereocenters. The highest BCUT2D eigenvalue weighted by atomic mass is 35.5. The number of benzene rings is 3. The molecular weight excluding hydrogens is 529 g/mol. The molecule has 5 rings (SSSR count). The van der Waals surface area contributed by atoms with Gasteiger partial charge in [-0.2, -0.15) is 0 Å². The Morgan fingerprint density at radius 1 is 0.923 bits per heavy atom. The Bertz CT molecular complexity index is 1320. The first-order chi connectivity index (χ1) is 18.8. The number of hydrogen-bond donors (Lipinski definition) is 1. The predicted octanol–water partition coefficient (Wildman–Crippen LogP) is 6.51. The molecule has 7 heteroatoms. The number of fused-ring (bicyclic) bond motifs is 1. The van der Waals surface area contributed by atoms with E-state index in [0.29, 0.717) is 28.2 Å². The number of nitrogens with one attached hydrogen (secondary N) is 1. The van der Waals surface area contributed by atoms with E-state index in [1.807, 2.05) is 53.4 Å². The molecule has 3 aromatic rings. The number of rotatable bonds is 7. The number of amides is 2. The van der Waals surface area contributed by atoms with Gasteiger partial charge >= 0.3 is 0 Å². The number of carbonyl (C=O) groups is 2. The summed E-state index contributed by atoms with van der Waals surface area (Å²) < 4.78 is 0. The molecule has 0 aromatic heterocycles. The first kappa shape index (κ1) is 27.7. The van der Waals surface area contributed by atoms with Crippen molar-refractivity contribution in [2.45, 2.75) is 56.1 Å². The van der Waals surface area contributed by atoms with Gasteiger partial charge in [0, 0.05) is 34.2 Å². The highest BCUT2D eigenvalue weighted by molar-refractivity contribution is 6.35. The fourth-order valence-electron chi connectivity index (χ4n) is 6.24. The molecule has 1 fully saturated rings. The zero-order chi connectivity index (χ0) is 27.5. The van der Waals surface area contributed by atoms with Crippen molar-refractivity contribution in [1.29, 1.82) is 0 Å². The van der Waals surface area contributed by atoms with Crippen molar-refractivity contribution in [2.24, 2.45) is 0 Å². The smallest absolute Gasteiger partial charge is 0.254 e. The van der Waals surface area contributed by atoms with Gasteiger partial charge in [-0.15, -0.1) is 0 Å². The largest absolute Gasteiger partial charge is 0.355 e. The Hall–Kier alpha value is -2.86. The minimum atomic E-state index is -0.597. The molecule has 204 valence electrons. The van der Waals surface area contributed by atoms with Crippen LogP contribution in [0.4, 0.5) is 0 Å². The van der Waals surface area contributed by atoms with E-state index in [2.05, 4.69) is 36.4 Å². The van der Waals surface area contributed by atoms with Gasteiger partial charge in [-0.05, 0) is 81.1 Å². The molecule has 0 saturated heterocycles. The zero-order valence-electron chi connectivity index (χ0n) is 22.4. The molecule has 2 aliphatic rings. The van der Waals surface area contributed by atoms with E-state index < -0.39 is 12.0 Å². The normalized spacial score (nSPS) is 23.0. The van der Waals surface area contributed by atoms with Crippen LogP contribution in [0.3, 0.4) is 0 Å². The molecule has 1 heterocycles. The third-order valence-corrected chi connectivity index (χ3v) is 8.85. The van der Waals surface area contributed by atoms with E-state index in [1.54, 1.807) is 12.1 Å². The van der Waals surface area contributed by atoms with Gasteiger partial charge in [-0.1, -0.05) is 77.8 Å². The third kappa shape index (κ3) is 5.86. The number of carbonyl (C=O) groups excluding carboxylic acids is 2. The van der Waals surface area contributed by atoms with Gasteiger partial charge in [0.05, 0.1) is 12.0 Å². The summed E-state index contributed by atoms with van der Waals surface area (Å²) in [7, 11) is 4.22. The second-order valence-electron chi connectivity index (χ2n) is 10.8. The van der Waals surface area contributed by atoms with Gasteiger partial charge in [0.25, 0.3) is 5.91 Å². The molecule has 1 N–H and O–H groups in total. The van der Waals surface area contributed by atoms with Crippen molar-refractivity contribution in [2.75, 3.05) is 20.6 Å². The van der Waals surface area contributed by atoms with E-state index in [1.165, 1.54) is 0 Å². The van der Waals surface area contributed by atoms with Crippen LogP contribution in [0.1, 0.15) is 64.7 Å². The van der Waals surface area contributed by atoms with Crippen molar-refractivity contribution in [3.63, 3.8) is 0 Å². The van der Waals surface area contributed by atoms with Gasteiger partial charge in [-0.3, -0.25) is 9.59 Å². The van der Waals surface area contributed by atoms with E-state index in [0.717, 1.165) is 48.8 Å².